The standard InChI is InChI=1S/C14H11ClN2OS/c1-3-12-17-13(9(2)19-12)14(18)16-8-10-5-4-6-11(15)7-10/h1,4-7H,8H2,2H3,(H,16,18). The van der Waals surface area contributed by atoms with Gasteiger partial charge in [0.2, 0.25) is 0 Å². The number of amides is 1. The molecule has 0 aliphatic heterocycles. The first-order valence-electron chi connectivity index (χ1n) is 5.57. The first-order chi connectivity index (χ1) is 9.10. The lowest BCUT2D eigenvalue weighted by Crippen LogP contribution is -2.23. The zero-order valence-corrected chi connectivity index (χ0v) is 11.8. The van der Waals surface area contributed by atoms with Gasteiger partial charge in [0.25, 0.3) is 5.91 Å². The van der Waals surface area contributed by atoms with Crippen molar-refractivity contribution in [1.29, 1.82) is 0 Å². The van der Waals surface area contributed by atoms with Crippen molar-refractivity contribution in [3.63, 3.8) is 0 Å². The van der Waals surface area contributed by atoms with Gasteiger partial charge in [0.15, 0.2) is 5.01 Å². The van der Waals surface area contributed by atoms with E-state index in [2.05, 4.69) is 16.2 Å². The number of benzene rings is 1. The Morgan fingerprint density at radius 1 is 1.58 bits per heavy atom. The molecule has 0 saturated heterocycles. The summed E-state index contributed by atoms with van der Waals surface area (Å²) in [5.41, 5.74) is 1.32. The molecular weight excluding hydrogens is 280 g/mol. The maximum Gasteiger partial charge on any atom is 0.271 e. The fraction of sp³-hybridized carbons (Fsp3) is 0.143. The van der Waals surface area contributed by atoms with E-state index in [-0.39, 0.29) is 5.91 Å². The summed E-state index contributed by atoms with van der Waals surface area (Å²) in [7, 11) is 0. The molecule has 0 bridgehead atoms. The normalized spacial score (nSPS) is 9.95. The third kappa shape index (κ3) is 3.34. The van der Waals surface area contributed by atoms with Gasteiger partial charge in [-0.15, -0.1) is 17.8 Å². The molecule has 1 aromatic heterocycles. The van der Waals surface area contributed by atoms with E-state index in [1.165, 1.54) is 11.3 Å². The summed E-state index contributed by atoms with van der Waals surface area (Å²) in [6.07, 6.45) is 5.27. The van der Waals surface area contributed by atoms with Crippen LogP contribution < -0.4 is 5.32 Å². The van der Waals surface area contributed by atoms with Crippen LogP contribution in [0.2, 0.25) is 5.02 Å². The van der Waals surface area contributed by atoms with E-state index in [1.807, 2.05) is 25.1 Å². The Balaban J connectivity index is 2.05. The quantitative estimate of drug-likeness (QED) is 0.883. The van der Waals surface area contributed by atoms with Crippen molar-refractivity contribution in [1.82, 2.24) is 10.3 Å². The number of terminal acetylenes is 1. The average molecular weight is 291 g/mol. The number of nitrogens with one attached hydrogen (secondary N) is 1. The number of hydrogen-bond donors (Lipinski definition) is 1. The fourth-order valence-electron chi connectivity index (χ4n) is 1.58. The topological polar surface area (TPSA) is 42.0 Å². The third-order valence-corrected chi connectivity index (χ3v) is 3.61. The average Bonchev–Trinajstić information content (AvgIpc) is 2.77. The Labute approximate surface area is 120 Å². The van der Waals surface area contributed by atoms with Gasteiger partial charge >= 0.3 is 0 Å². The van der Waals surface area contributed by atoms with Crippen LogP contribution in [0.5, 0.6) is 0 Å². The van der Waals surface area contributed by atoms with Gasteiger partial charge in [0.1, 0.15) is 5.69 Å². The summed E-state index contributed by atoms with van der Waals surface area (Å²) in [5, 5.41) is 3.96. The molecule has 0 radical (unpaired) electrons. The highest BCUT2D eigenvalue weighted by Crippen LogP contribution is 2.16. The minimum absolute atomic E-state index is 0.227. The second-order valence-electron chi connectivity index (χ2n) is 3.88. The van der Waals surface area contributed by atoms with Crippen LogP contribution in [-0.4, -0.2) is 10.9 Å². The second kappa shape index (κ2) is 5.87. The van der Waals surface area contributed by atoms with Crippen molar-refractivity contribution in [2.75, 3.05) is 0 Å². The number of rotatable bonds is 3. The lowest BCUT2D eigenvalue weighted by molar-refractivity contribution is 0.0946. The molecule has 1 amide bonds. The predicted molar refractivity (Wildman–Crippen MR) is 77.4 cm³/mol. The first-order valence-corrected chi connectivity index (χ1v) is 6.76. The number of aromatic nitrogens is 1. The van der Waals surface area contributed by atoms with Gasteiger partial charge in [-0.25, -0.2) is 4.98 Å². The van der Waals surface area contributed by atoms with Crippen molar-refractivity contribution >= 4 is 28.8 Å². The van der Waals surface area contributed by atoms with E-state index >= 15 is 0 Å². The molecule has 96 valence electrons. The van der Waals surface area contributed by atoms with Crippen LogP contribution in [0.1, 0.15) is 25.9 Å². The molecule has 0 atom stereocenters. The molecular formula is C14H11ClN2OS. The Morgan fingerprint density at radius 2 is 2.37 bits per heavy atom. The van der Waals surface area contributed by atoms with E-state index in [0.717, 1.165) is 10.4 Å². The van der Waals surface area contributed by atoms with Gasteiger partial charge in [-0.05, 0) is 30.5 Å². The van der Waals surface area contributed by atoms with Gasteiger partial charge in [-0.3, -0.25) is 4.79 Å². The van der Waals surface area contributed by atoms with E-state index in [1.54, 1.807) is 6.07 Å². The Morgan fingerprint density at radius 3 is 3.00 bits per heavy atom. The number of halogens is 1. The maximum absolute atomic E-state index is 12.0. The molecule has 0 spiro atoms. The van der Waals surface area contributed by atoms with E-state index < -0.39 is 0 Å². The van der Waals surface area contributed by atoms with Crippen LogP contribution in [0, 0.1) is 19.3 Å². The molecule has 0 aliphatic rings. The highest BCUT2D eigenvalue weighted by Gasteiger charge is 2.14. The lowest BCUT2D eigenvalue weighted by Gasteiger charge is -2.04. The molecule has 2 aromatic rings. The van der Waals surface area contributed by atoms with Gasteiger partial charge in [-0.1, -0.05) is 23.7 Å². The summed E-state index contributed by atoms with van der Waals surface area (Å²) in [5.74, 6) is 2.21. The summed E-state index contributed by atoms with van der Waals surface area (Å²) >= 11 is 7.22. The molecule has 1 heterocycles. The van der Waals surface area contributed by atoms with Crippen molar-refractivity contribution in [3.05, 3.63) is 50.4 Å². The van der Waals surface area contributed by atoms with Crippen LogP contribution in [0.4, 0.5) is 0 Å². The zero-order valence-electron chi connectivity index (χ0n) is 10.2. The summed E-state index contributed by atoms with van der Waals surface area (Å²) < 4.78 is 0. The molecule has 1 aromatic carbocycles. The minimum atomic E-state index is -0.227. The van der Waals surface area contributed by atoms with Crippen LogP contribution in [-0.2, 0) is 6.54 Å². The summed E-state index contributed by atoms with van der Waals surface area (Å²) in [4.78, 5) is 16.9. The van der Waals surface area contributed by atoms with E-state index in [9.17, 15) is 4.79 Å². The van der Waals surface area contributed by atoms with Gasteiger partial charge < -0.3 is 5.32 Å². The summed E-state index contributed by atoms with van der Waals surface area (Å²) in [6, 6.07) is 7.33. The van der Waals surface area contributed by atoms with Crippen LogP contribution in [0.3, 0.4) is 0 Å². The molecule has 0 aliphatic carbocycles. The lowest BCUT2D eigenvalue weighted by atomic mass is 10.2. The second-order valence-corrected chi connectivity index (χ2v) is 5.52. The minimum Gasteiger partial charge on any atom is -0.347 e. The highest BCUT2D eigenvalue weighted by molar-refractivity contribution is 7.12. The van der Waals surface area contributed by atoms with Crippen LogP contribution in [0.25, 0.3) is 0 Å². The van der Waals surface area contributed by atoms with Crippen molar-refractivity contribution < 1.29 is 4.79 Å². The molecule has 0 fully saturated rings. The van der Waals surface area contributed by atoms with Crippen molar-refractivity contribution in [2.45, 2.75) is 13.5 Å². The number of thiazole rings is 1. The number of carbonyl (C=O) groups excluding carboxylic acids is 1. The van der Waals surface area contributed by atoms with Crippen molar-refractivity contribution in [2.24, 2.45) is 0 Å². The van der Waals surface area contributed by atoms with Gasteiger partial charge in [0, 0.05) is 16.4 Å². The Bertz CT molecular complexity index is 658. The molecule has 5 heteroatoms. The third-order valence-electron chi connectivity index (χ3n) is 2.48. The van der Waals surface area contributed by atoms with E-state index in [0.29, 0.717) is 22.3 Å². The number of nitrogens with zero attached hydrogens (tertiary/aromatic N) is 1. The molecule has 3 nitrogen and oxygen atoms in total. The smallest absolute Gasteiger partial charge is 0.271 e. The van der Waals surface area contributed by atoms with Gasteiger partial charge in [-0.2, -0.15) is 0 Å². The van der Waals surface area contributed by atoms with E-state index in [4.69, 9.17) is 18.0 Å². The SMILES string of the molecule is C#Cc1nc(C(=O)NCc2cccc(Cl)c2)c(C)s1. The molecule has 0 saturated carbocycles. The van der Waals surface area contributed by atoms with Gasteiger partial charge in [0.05, 0.1) is 0 Å². The number of carbonyl (C=O) groups is 1. The monoisotopic (exact) mass is 290 g/mol. The zero-order chi connectivity index (χ0) is 13.8. The largest absolute Gasteiger partial charge is 0.347 e. The van der Waals surface area contributed by atoms with Crippen LogP contribution >= 0.6 is 22.9 Å². The maximum atomic E-state index is 12.0. The van der Waals surface area contributed by atoms with Crippen LogP contribution in [0.15, 0.2) is 24.3 Å². The molecule has 0 unspecified atom stereocenters. The molecule has 19 heavy (non-hydrogen) atoms. The molecule has 1 N–H and O–H groups in total. The Kier molecular flexibility index (Phi) is 4.20. The molecule has 2 rings (SSSR count). The highest BCUT2D eigenvalue weighted by atomic mass is 35.5. The first kappa shape index (κ1) is 13.6. The number of aryl methyl sites for hydroxylation is 1. The number of hydrogen-bond acceptors (Lipinski definition) is 3. The fourth-order valence-corrected chi connectivity index (χ4v) is 2.52. The predicted octanol–water partition coefficient (Wildman–Crippen LogP) is 3.02. The van der Waals surface area contributed by atoms with Crippen molar-refractivity contribution in [3.8, 4) is 12.3 Å². The summed E-state index contributed by atoms with van der Waals surface area (Å²) in [6.45, 7) is 2.23. The Hall–Kier alpha value is -1.83.